The van der Waals surface area contributed by atoms with E-state index >= 15 is 0 Å². The molecule has 0 saturated heterocycles. The number of H-pyrrole nitrogens is 1. The molecule has 21 heavy (non-hydrogen) atoms. The van der Waals surface area contributed by atoms with E-state index < -0.39 is 10.0 Å². The van der Waals surface area contributed by atoms with Crippen molar-refractivity contribution in [1.82, 2.24) is 20.2 Å². The van der Waals surface area contributed by atoms with Crippen LogP contribution in [0.2, 0.25) is 0 Å². The van der Waals surface area contributed by atoms with Crippen molar-refractivity contribution in [3.8, 4) is 0 Å². The van der Waals surface area contributed by atoms with Crippen LogP contribution < -0.4 is 10.0 Å². The van der Waals surface area contributed by atoms with Crippen molar-refractivity contribution < 1.29 is 8.42 Å². The lowest BCUT2D eigenvalue weighted by atomic mass is 9.98. The molecule has 3 N–H and O–H groups in total. The van der Waals surface area contributed by atoms with Crippen molar-refractivity contribution in [1.29, 1.82) is 0 Å². The fourth-order valence-electron chi connectivity index (χ4n) is 2.84. The Hall–Kier alpha value is -0.920. The molecule has 1 aromatic heterocycles. The Morgan fingerprint density at radius 3 is 2.86 bits per heavy atom. The lowest BCUT2D eigenvalue weighted by molar-refractivity contribution is 0.398. The van der Waals surface area contributed by atoms with Gasteiger partial charge in [0.25, 0.3) is 10.0 Å². The molecule has 2 atom stereocenters. The first kappa shape index (κ1) is 16.5. The number of aromatic amines is 1. The van der Waals surface area contributed by atoms with Gasteiger partial charge in [-0.05, 0) is 25.3 Å². The van der Waals surface area contributed by atoms with Crippen molar-refractivity contribution in [3.63, 3.8) is 0 Å². The highest BCUT2D eigenvalue weighted by Gasteiger charge is 2.28. The maximum Gasteiger partial charge on any atom is 0.258 e. The number of rotatable bonds is 6. The molecule has 0 bridgehead atoms. The molecular weight excluding hydrogens is 288 g/mol. The molecule has 0 spiro atoms. The van der Waals surface area contributed by atoms with E-state index in [4.69, 9.17) is 0 Å². The van der Waals surface area contributed by atoms with Gasteiger partial charge in [0.15, 0.2) is 5.03 Å². The van der Waals surface area contributed by atoms with Crippen molar-refractivity contribution in [3.05, 3.63) is 11.8 Å². The van der Waals surface area contributed by atoms with E-state index in [9.17, 15) is 8.42 Å². The Morgan fingerprint density at radius 2 is 2.10 bits per heavy atom. The second-order valence-electron chi connectivity index (χ2n) is 5.85. The topological polar surface area (TPSA) is 86.9 Å². The Bertz CT molecular complexity index is 541. The Balaban J connectivity index is 2.12. The average molecular weight is 314 g/mol. The van der Waals surface area contributed by atoms with E-state index in [2.05, 4.69) is 27.2 Å². The maximum absolute atomic E-state index is 12.6. The van der Waals surface area contributed by atoms with Crippen LogP contribution in [0.5, 0.6) is 0 Å². The van der Waals surface area contributed by atoms with Crippen LogP contribution >= 0.6 is 0 Å². The van der Waals surface area contributed by atoms with Crippen LogP contribution in [0, 0.1) is 5.92 Å². The van der Waals surface area contributed by atoms with Gasteiger partial charge in [0, 0.05) is 18.2 Å². The number of hydrogen-bond donors (Lipinski definition) is 3. The summed E-state index contributed by atoms with van der Waals surface area (Å²) in [6.07, 6.45) is 7.05. The zero-order valence-electron chi connectivity index (χ0n) is 12.9. The molecule has 6 nitrogen and oxygen atoms in total. The molecule has 7 heteroatoms. The summed E-state index contributed by atoms with van der Waals surface area (Å²) in [5.74, 6) is 0.377. The SMILES string of the molecule is CCNCc1cn[nH]c1S(=O)(=O)NC1CCCCCC1C. The third-order valence-corrected chi connectivity index (χ3v) is 5.68. The summed E-state index contributed by atoms with van der Waals surface area (Å²) in [5.41, 5.74) is 0.686. The van der Waals surface area contributed by atoms with Crippen molar-refractivity contribution in [2.45, 2.75) is 63.6 Å². The van der Waals surface area contributed by atoms with Gasteiger partial charge in [-0.1, -0.05) is 33.1 Å². The van der Waals surface area contributed by atoms with E-state index in [1.807, 2.05) is 6.92 Å². The van der Waals surface area contributed by atoms with Crippen LogP contribution in [0.25, 0.3) is 0 Å². The van der Waals surface area contributed by atoms with E-state index in [0.29, 0.717) is 18.0 Å². The molecule has 0 radical (unpaired) electrons. The number of hydrogen-bond acceptors (Lipinski definition) is 4. The summed E-state index contributed by atoms with van der Waals surface area (Å²) in [5, 5.41) is 9.85. The van der Waals surface area contributed by atoms with Crippen LogP contribution in [-0.4, -0.2) is 31.2 Å². The number of nitrogens with one attached hydrogen (secondary N) is 3. The summed E-state index contributed by atoms with van der Waals surface area (Å²) in [7, 11) is -3.53. The molecule has 120 valence electrons. The number of aromatic nitrogens is 2. The van der Waals surface area contributed by atoms with Gasteiger partial charge in [-0.3, -0.25) is 5.10 Å². The molecule has 0 aliphatic heterocycles. The van der Waals surface area contributed by atoms with Gasteiger partial charge in [0.1, 0.15) is 0 Å². The van der Waals surface area contributed by atoms with E-state index in [1.54, 1.807) is 6.20 Å². The van der Waals surface area contributed by atoms with Crippen LogP contribution in [0.4, 0.5) is 0 Å². The zero-order valence-corrected chi connectivity index (χ0v) is 13.7. The van der Waals surface area contributed by atoms with Crippen LogP contribution in [0.1, 0.15) is 51.5 Å². The van der Waals surface area contributed by atoms with Gasteiger partial charge >= 0.3 is 0 Å². The Morgan fingerprint density at radius 1 is 1.33 bits per heavy atom. The van der Waals surface area contributed by atoms with Gasteiger partial charge < -0.3 is 5.32 Å². The summed E-state index contributed by atoms with van der Waals surface area (Å²) >= 11 is 0. The number of nitrogens with zero attached hydrogens (tertiary/aromatic N) is 1. The molecule has 0 amide bonds. The standard InChI is InChI=1S/C14H26N4O2S/c1-3-15-9-12-10-16-17-14(12)21(19,20)18-13-8-6-4-5-7-11(13)2/h10-11,13,15,18H,3-9H2,1-2H3,(H,16,17). The fourth-order valence-corrected chi connectivity index (χ4v) is 4.35. The van der Waals surface area contributed by atoms with E-state index in [-0.39, 0.29) is 11.1 Å². The maximum atomic E-state index is 12.6. The van der Waals surface area contributed by atoms with Crippen LogP contribution in [-0.2, 0) is 16.6 Å². The smallest absolute Gasteiger partial charge is 0.258 e. The molecule has 2 unspecified atom stereocenters. The molecular formula is C14H26N4O2S. The lowest BCUT2D eigenvalue weighted by Crippen LogP contribution is -2.39. The molecule has 1 saturated carbocycles. The normalized spacial score (nSPS) is 23.9. The van der Waals surface area contributed by atoms with Crippen LogP contribution in [0.15, 0.2) is 11.2 Å². The van der Waals surface area contributed by atoms with E-state index in [0.717, 1.165) is 25.8 Å². The largest absolute Gasteiger partial charge is 0.313 e. The predicted octanol–water partition coefficient (Wildman–Crippen LogP) is 1.77. The predicted molar refractivity (Wildman–Crippen MR) is 82.3 cm³/mol. The molecule has 0 aromatic carbocycles. The second-order valence-corrected chi connectivity index (χ2v) is 7.50. The van der Waals surface area contributed by atoms with Crippen molar-refractivity contribution in [2.75, 3.05) is 6.54 Å². The minimum atomic E-state index is -3.53. The Labute approximate surface area is 127 Å². The Kier molecular flexibility index (Phi) is 5.78. The first-order valence-corrected chi connectivity index (χ1v) is 9.28. The van der Waals surface area contributed by atoms with Gasteiger partial charge in [0.05, 0.1) is 6.20 Å². The van der Waals surface area contributed by atoms with E-state index in [1.165, 1.54) is 12.8 Å². The summed E-state index contributed by atoms with van der Waals surface area (Å²) in [6.45, 7) is 5.41. The first-order valence-electron chi connectivity index (χ1n) is 7.80. The summed E-state index contributed by atoms with van der Waals surface area (Å²) in [4.78, 5) is 0. The second kappa shape index (κ2) is 7.38. The van der Waals surface area contributed by atoms with Gasteiger partial charge in [-0.15, -0.1) is 0 Å². The third-order valence-electron chi connectivity index (χ3n) is 4.18. The highest BCUT2D eigenvalue weighted by atomic mass is 32.2. The summed E-state index contributed by atoms with van der Waals surface area (Å²) < 4.78 is 28.1. The highest BCUT2D eigenvalue weighted by molar-refractivity contribution is 7.89. The monoisotopic (exact) mass is 314 g/mol. The van der Waals surface area contributed by atoms with Gasteiger partial charge in [0.2, 0.25) is 0 Å². The average Bonchev–Trinajstić information content (AvgIpc) is 2.84. The minimum Gasteiger partial charge on any atom is -0.313 e. The molecule has 1 aliphatic carbocycles. The zero-order chi connectivity index (χ0) is 15.3. The lowest BCUT2D eigenvalue weighted by Gasteiger charge is -2.22. The minimum absolute atomic E-state index is 0.0211. The van der Waals surface area contributed by atoms with Crippen molar-refractivity contribution >= 4 is 10.0 Å². The quantitative estimate of drug-likeness (QED) is 0.698. The summed E-state index contributed by atoms with van der Waals surface area (Å²) in [6, 6.07) is 0.0211. The van der Waals surface area contributed by atoms with Crippen molar-refractivity contribution in [2.24, 2.45) is 5.92 Å². The van der Waals surface area contributed by atoms with Gasteiger partial charge in [-0.2, -0.15) is 5.10 Å². The number of sulfonamides is 1. The molecule has 1 heterocycles. The third kappa shape index (κ3) is 4.28. The molecule has 1 aliphatic rings. The molecule has 1 fully saturated rings. The first-order chi connectivity index (χ1) is 10.0. The molecule has 2 rings (SSSR count). The highest BCUT2D eigenvalue weighted by Crippen LogP contribution is 2.24. The van der Waals surface area contributed by atoms with Crippen LogP contribution in [0.3, 0.4) is 0 Å². The molecule has 1 aromatic rings. The fraction of sp³-hybridized carbons (Fsp3) is 0.786. The van der Waals surface area contributed by atoms with Gasteiger partial charge in [-0.25, -0.2) is 13.1 Å².